The number of ether oxygens (including phenoxy) is 3. The minimum Gasteiger partial charge on any atom is -0.486 e. The number of hydrogen-bond donors (Lipinski definition) is 0. The summed E-state index contributed by atoms with van der Waals surface area (Å²) < 4.78 is 23.0. The van der Waals surface area contributed by atoms with Gasteiger partial charge in [-0.2, -0.15) is 0 Å². The van der Waals surface area contributed by atoms with Gasteiger partial charge in [-0.05, 0) is 49.6 Å². The van der Waals surface area contributed by atoms with Crippen LogP contribution in [0, 0.1) is 6.92 Å². The molecule has 6 nitrogen and oxygen atoms in total. The van der Waals surface area contributed by atoms with Crippen molar-refractivity contribution in [3.8, 4) is 23.0 Å². The molecule has 1 fully saturated rings. The number of fused-ring (bicyclic) bond motifs is 1. The van der Waals surface area contributed by atoms with Crippen LogP contribution in [-0.2, 0) is 21.6 Å². The maximum absolute atomic E-state index is 13.3. The van der Waals surface area contributed by atoms with Crippen molar-refractivity contribution >= 4 is 5.97 Å². The average molecular weight is 419 g/mol. The molecule has 2 heterocycles. The van der Waals surface area contributed by atoms with Gasteiger partial charge in [-0.25, -0.2) is 4.98 Å². The molecule has 0 saturated heterocycles. The maximum atomic E-state index is 13.3. The van der Waals surface area contributed by atoms with Crippen LogP contribution in [0.3, 0.4) is 0 Å². The summed E-state index contributed by atoms with van der Waals surface area (Å²) in [5.41, 5.74) is 1.81. The summed E-state index contributed by atoms with van der Waals surface area (Å²) >= 11 is 0. The van der Waals surface area contributed by atoms with Gasteiger partial charge in [0.15, 0.2) is 11.5 Å². The first-order chi connectivity index (χ1) is 15.2. The Kier molecular flexibility index (Phi) is 5.14. The summed E-state index contributed by atoms with van der Waals surface area (Å²) in [7, 11) is 0. The number of aromatic nitrogens is 1. The van der Waals surface area contributed by atoms with E-state index in [0.29, 0.717) is 36.3 Å². The number of carbonyl (C=O) groups is 1. The third kappa shape index (κ3) is 3.67. The van der Waals surface area contributed by atoms with Gasteiger partial charge in [0, 0.05) is 5.56 Å². The maximum Gasteiger partial charge on any atom is 0.316 e. The predicted octanol–water partition coefficient (Wildman–Crippen LogP) is 4.98. The summed E-state index contributed by atoms with van der Waals surface area (Å²) in [4.78, 5) is 17.9. The van der Waals surface area contributed by atoms with Gasteiger partial charge in [0.1, 0.15) is 31.3 Å². The molecule has 0 N–H and O–H groups in total. The van der Waals surface area contributed by atoms with Gasteiger partial charge in [0.2, 0.25) is 5.89 Å². The fraction of sp³-hybridized carbons (Fsp3) is 0.360. The van der Waals surface area contributed by atoms with Crippen LogP contribution in [0.15, 0.2) is 52.9 Å². The molecule has 31 heavy (non-hydrogen) atoms. The second kappa shape index (κ2) is 8.10. The monoisotopic (exact) mass is 419 g/mol. The largest absolute Gasteiger partial charge is 0.486 e. The molecule has 0 amide bonds. The number of hydrogen-bond acceptors (Lipinski definition) is 6. The number of benzene rings is 2. The molecule has 0 radical (unpaired) electrons. The van der Waals surface area contributed by atoms with Crippen LogP contribution >= 0.6 is 0 Å². The van der Waals surface area contributed by atoms with E-state index in [9.17, 15) is 4.79 Å². The van der Waals surface area contributed by atoms with Crippen molar-refractivity contribution in [2.45, 2.75) is 44.6 Å². The van der Waals surface area contributed by atoms with Crippen LogP contribution in [0.1, 0.15) is 42.7 Å². The van der Waals surface area contributed by atoms with E-state index in [1.54, 1.807) is 0 Å². The highest BCUT2D eigenvalue weighted by molar-refractivity contribution is 5.84. The van der Waals surface area contributed by atoms with Crippen LogP contribution in [0.5, 0.6) is 11.5 Å². The van der Waals surface area contributed by atoms with Gasteiger partial charge >= 0.3 is 5.97 Å². The number of aryl methyl sites for hydroxylation is 1. The van der Waals surface area contributed by atoms with E-state index >= 15 is 0 Å². The van der Waals surface area contributed by atoms with Gasteiger partial charge < -0.3 is 18.6 Å². The fourth-order valence-corrected chi connectivity index (χ4v) is 4.47. The Morgan fingerprint density at radius 3 is 2.55 bits per heavy atom. The minimum atomic E-state index is -0.657. The molecule has 1 aromatic heterocycles. The van der Waals surface area contributed by atoms with Gasteiger partial charge in [-0.1, -0.05) is 37.1 Å². The molecule has 0 spiro atoms. The molecule has 5 rings (SSSR count). The molecule has 2 aliphatic rings. The van der Waals surface area contributed by atoms with E-state index in [0.717, 1.165) is 42.6 Å². The molecular formula is C25H25NO5. The first-order valence-corrected chi connectivity index (χ1v) is 10.7. The first kappa shape index (κ1) is 19.7. The van der Waals surface area contributed by atoms with E-state index in [2.05, 4.69) is 4.98 Å². The molecule has 6 heteroatoms. The molecule has 0 bridgehead atoms. The quantitative estimate of drug-likeness (QED) is 0.544. The first-order valence-electron chi connectivity index (χ1n) is 10.7. The summed E-state index contributed by atoms with van der Waals surface area (Å²) in [5.74, 6) is 2.40. The third-order valence-electron chi connectivity index (χ3n) is 6.20. The molecule has 1 saturated carbocycles. The van der Waals surface area contributed by atoms with E-state index < -0.39 is 5.41 Å². The standard InChI is InChI=1S/C25H25NO5/c1-17-20(26-23(31-17)18-7-3-2-4-8-18)16-30-24(27)25(11-5-6-12-25)19-9-10-21-22(15-19)29-14-13-28-21/h2-4,7-10,15H,5-6,11-14,16H2,1H3. The zero-order valence-corrected chi connectivity index (χ0v) is 17.6. The highest BCUT2D eigenvalue weighted by Crippen LogP contribution is 2.45. The summed E-state index contributed by atoms with van der Waals surface area (Å²) in [5, 5.41) is 0. The molecule has 0 unspecified atom stereocenters. The molecule has 2 aromatic carbocycles. The second-order valence-corrected chi connectivity index (χ2v) is 8.11. The van der Waals surface area contributed by atoms with Crippen molar-refractivity contribution in [2.75, 3.05) is 13.2 Å². The van der Waals surface area contributed by atoms with E-state index in [-0.39, 0.29) is 12.6 Å². The van der Waals surface area contributed by atoms with Crippen molar-refractivity contribution in [3.63, 3.8) is 0 Å². The Morgan fingerprint density at radius 1 is 1.03 bits per heavy atom. The summed E-state index contributed by atoms with van der Waals surface area (Å²) in [6, 6.07) is 15.5. The number of oxazole rings is 1. The van der Waals surface area contributed by atoms with Crippen molar-refractivity contribution in [1.82, 2.24) is 4.98 Å². The van der Waals surface area contributed by atoms with E-state index in [1.807, 2.05) is 55.5 Å². The predicted molar refractivity (Wildman–Crippen MR) is 114 cm³/mol. The molecular weight excluding hydrogens is 394 g/mol. The Morgan fingerprint density at radius 2 is 1.77 bits per heavy atom. The Balaban J connectivity index is 1.36. The van der Waals surface area contributed by atoms with E-state index in [4.69, 9.17) is 18.6 Å². The summed E-state index contributed by atoms with van der Waals surface area (Å²) in [6.45, 7) is 2.99. The van der Waals surface area contributed by atoms with Crippen molar-refractivity contribution < 1.29 is 23.4 Å². The van der Waals surface area contributed by atoms with Gasteiger partial charge in [-0.3, -0.25) is 4.79 Å². The molecule has 1 aliphatic heterocycles. The van der Waals surface area contributed by atoms with Crippen molar-refractivity contribution in [1.29, 1.82) is 0 Å². The highest BCUT2D eigenvalue weighted by Gasteiger charge is 2.45. The molecule has 3 aromatic rings. The van der Waals surface area contributed by atoms with Crippen LogP contribution in [0.2, 0.25) is 0 Å². The van der Waals surface area contributed by atoms with E-state index in [1.165, 1.54) is 0 Å². The highest BCUT2D eigenvalue weighted by atomic mass is 16.6. The normalized spacial score (nSPS) is 16.8. The number of rotatable bonds is 5. The number of nitrogens with zero attached hydrogens (tertiary/aromatic N) is 1. The third-order valence-corrected chi connectivity index (χ3v) is 6.20. The summed E-state index contributed by atoms with van der Waals surface area (Å²) in [6.07, 6.45) is 3.51. The fourth-order valence-electron chi connectivity index (χ4n) is 4.47. The van der Waals surface area contributed by atoms with Crippen LogP contribution < -0.4 is 9.47 Å². The van der Waals surface area contributed by atoms with Crippen LogP contribution in [0.4, 0.5) is 0 Å². The lowest BCUT2D eigenvalue weighted by Crippen LogP contribution is -2.35. The molecule has 1 aliphatic carbocycles. The van der Waals surface area contributed by atoms with Gasteiger partial charge in [0.05, 0.1) is 5.41 Å². The zero-order valence-electron chi connectivity index (χ0n) is 17.6. The van der Waals surface area contributed by atoms with Gasteiger partial charge in [-0.15, -0.1) is 0 Å². The number of esters is 1. The van der Waals surface area contributed by atoms with Crippen molar-refractivity contribution in [3.05, 3.63) is 65.5 Å². The lowest BCUT2D eigenvalue weighted by Gasteiger charge is -2.28. The zero-order chi connectivity index (χ0) is 21.3. The topological polar surface area (TPSA) is 70.8 Å². The Hall–Kier alpha value is -3.28. The lowest BCUT2D eigenvalue weighted by atomic mass is 9.78. The van der Waals surface area contributed by atoms with Crippen LogP contribution in [-0.4, -0.2) is 24.2 Å². The second-order valence-electron chi connectivity index (χ2n) is 8.11. The Labute approximate surface area is 181 Å². The number of carbonyl (C=O) groups excluding carboxylic acids is 1. The lowest BCUT2D eigenvalue weighted by molar-refractivity contribution is -0.152. The SMILES string of the molecule is Cc1oc(-c2ccccc2)nc1COC(=O)C1(c2ccc3c(c2)OCCO3)CCCC1. The molecule has 160 valence electrons. The Bertz CT molecular complexity index is 1080. The smallest absolute Gasteiger partial charge is 0.316 e. The van der Waals surface area contributed by atoms with Crippen molar-refractivity contribution in [2.24, 2.45) is 0 Å². The average Bonchev–Trinajstić information content (AvgIpc) is 3.46. The molecule has 0 atom stereocenters. The minimum absolute atomic E-state index is 0.0906. The van der Waals surface area contributed by atoms with Gasteiger partial charge in [0.25, 0.3) is 0 Å². The van der Waals surface area contributed by atoms with Crippen LogP contribution in [0.25, 0.3) is 11.5 Å².